The highest BCUT2D eigenvalue weighted by Crippen LogP contribution is 2.24. The average Bonchev–Trinajstić information content (AvgIpc) is 2.77. The quantitative estimate of drug-likeness (QED) is 0.800. The van der Waals surface area contributed by atoms with E-state index >= 15 is 0 Å². The van der Waals surface area contributed by atoms with Gasteiger partial charge in [-0.1, -0.05) is 0 Å². The molecule has 0 unspecified atom stereocenters. The molecule has 3 N–H and O–H groups in total. The van der Waals surface area contributed by atoms with Gasteiger partial charge in [-0.25, -0.2) is 0 Å². The lowest BCUT2D eigenvalue weighted by molar-refractivity contribution is 0.0909. The van der Waals surface area contributed by atoms with E-state index in [1.165, 1.54) is 0 Å². The molecule has 0 spiro atoms. The van der Waals surface area contributed by atoms with Crippen LogP contribution in [-0.4, -0.2) is 28.6 Å². The van der Waals surface area contributed by atoms with Crippen LogP contribution in [0.3, 0.4) is 0 Å². The van der Waals surface area contributed by atoms with Gasteiger partial charge in [0.1, 0.15) is 5.69 Å². The number of aromatic nitrogens is 1. The molecule has 2 rings (SSSR count). The van der Waals surface area contributed by atoms with Gasteiger partial charge < -0.3 is 15.4 Å². The number of amides is 1. The van der Waals surface area contributed by atoms with Crippen LogP contribution >= 0.6 is 15.9 Å². The first kappa shape index (κ1) is 12.6. The number of rotatable bonds is 3. The molecule has 0 atom stereocenters. The standard InChI is InChI=1S/C12H17BrN2O2/c13-9-5-11(14-6-9)12(17)15-10-3-1-8(7-16)2-4-10/h5-6,8,10,14,16H,1-4,7H2,(H,15,17). The molecule has 4 nitrogen and oxygen atoms in total. The topological polar surface area (TPSA) is 65.1 Å². The molecule has 1 amide bonds. The van der Waals surface area contributed by atoms with E-state index in [1.807, 2.05) is 0 Å². The fraction of sp³-hybridized carbons (Fsp3) is 0.583. The first-order chi connectivity index (χ1) is 8.19. The molecule has 17 heavy (non-hydrogen) atoms. The highest BCUT2D eigenvalue weighted by molar-refractivity contribution is 9.10. The van der Waals surface area contributed by atoms with Crippen molar-refractivity contribution in [3.63, 3.8) is 0 Å². The van der Waals surface area contributed by atoms with E-state index < -0.39 is 0 Å². The van der Waals surface area contributed by atoms with Gasteiger partial charge in [0, 0.05) is 23.3 Å². The van der Waals surface area contributed by atoms with Gasteiger partial charge in [-0.3, -0.25) is 4.79 Å². The van der Waals surface area contributed by atoms with Gasteiger partial charge >= 0.3 is 0 Å². The van der Waals surface area contributed by atoms with Gasteiger partial charge in [-0.2, -0.15) is 0 Å². The third-order valence-corrected chi connectivity index (χ3v) is 3.79. The lowest BCUT2D eigenvalue weighted by Gasteiger charge is -2.27. The zero-order valence-electron chi connectivity index (χ0n) is 9.58. The Morgan fingerprint density at radius 1 is 1.47 bits per heavy atom. The number of aliphatic hydroxyl groups is 1. The fourth-order valence-corrected chi connectivity index (χ4v) is 2.59. The highest BCUT2D eigenvalue weighted by atomic mass is 79.9. The van der Waals surface area contributed by atoms with Crippen LogP contribution in [-0.2, 0) is 0 Å². The third kappa shape index (κ3) is 3.33. The van der Waals surface area contributed by atoms with E-state index in [-0.39, 0.29) is 18.6 Å². The highest BCUT2D eigenvalue weighted by Gasteiger charge is 2.22. The molecule has 0 radical (unpaired) electrons. The van der Waals surface area contributed by atoms with Crippen LogP contribution in [0, 0.1) is 5.92 Å². The Kier molecular flexibility index (Phi) is 4.23. The summed E-state index contributed by atoms with van der Waals surface area (Å²) in [5, 5.41) is 12.1. The van der Waals surface area contributed by atoms with E-state index in [1.54, 1.807) is 12.3 Å². The Morgan fingerprint density at radius 2 is 2.18 bits per heavy atom. The first-order valence-corrected chi connectivity index (χ1v) is 6.74. The number of aromatic amines is 1. The minimum atomic E-state index is -0.0526. The van der Waals surface area contributed by atoms with E-state index in [2.05, 4.69) is 26.2 Å². The van der Waals surface area contributed by atoms with Crippen molar-refractivity contribution >= 4 is 21.8 Å². The number of aliphatic hydroxyl groups excluding tert-OH is 1. The number of carbonyl (C=O) groups excluding carboxylic acids is 1. The Balaban J connectivity index is 1.84. The summed E-state index contributed by atoms with van der Waals surface area (Å²) in [6, 6.07) is 2.02. The molecule has 1 heterocycles. The molecule has 1 aliphatic rings. The molecule has 94 valence electrons. The Bertz CT molecular complexity index is 384. The summed E-state index contributed by atoms with van der Waals surface area (Å²) in [4.78, 5) is 14.8. The Labute approximate surface area is 109 Å². The summed E-state index contributed by atoms with van der Waals surface area (Å²) < 4.78 is 0.881. The van der Waals surface area contributed by atoms with Crippen molar-refractivity contribution in [1.29, 1.82) is 0 Å². The molecule has 1 aromatic heterocycles. The summed E-state index contributed by atoms with van der Waals surface area (Å²) in [5.41, 5.74) is 0.584. The lowest BCUT2D eigenvalue weighted by Crippen LogP contribution is -2.38. The Morgan fingerprint density at radius 3 is 2.71 bits per heavy atom. The second-order valence-electron chi connectivity index (χ2n) is 4.61. The summed E-state index contributed by atoms with van der Waals surface area (Å²) in [5.74, 6) is 0.367. The van der Waals surface area contributed by atoms with Crippen molar-refractivity contribution in [3.05, 3.63) is 22.4 Å². The molecule has 1 aromatic rings. The number of hydrogen-bond donors (Lipinski definition) is 3. The van der Waals surface area contributed by atoms with Crippen molar-refractivity contribution in [1.82, 2.24) is 10.3 Å². The largest absolute Gasteiger partial charge is 0.396 e. The maximum Gasteiger partial charge on any atom is 0.267 e. The van der Waals surface area contributed by atoms with E-state index in [4.69, 9.17) is 5.11 Å². The lowest BCUT2D eigenvalue weighted by atomic mass is 9.86. The third-order valence-electron chi connectivity index (χ3n) is 3.33. The minimum absolute atomic E-state index is 0.0526. The van der Waals surface area contributed by atoms with Crippen LogP contribution in [0.1, 0.15) is 36.2 Å². The van der Waals surface area contributed by atoms with Gasteiger partial charge in [0.05, 0.1) is 0 Å². The zero-order chi connectivity index (χ0) is 12.3. The molecule has 0 aromatic carbocycles. The van der Waals surface area contributed by atoms with Crippen LogP contribution in [0.4, 0.5) is 0 Å². The maximum absolute atomic E-state index is 11.9. The molecular weight excluding hydrogens is 284 g/mol. The van der Waals surface area contributed by atoms with Crippen molar-refractivity contribution in [3.8, 4) is 0 Å². The van der Waals surface area contributed by atoms with Gasteiger partial charge in [0.25, 0.3) is 5.91 Å². The van der Waals surface area contributed by atoms with Gasteiger partial charge in [0.2, 0.25) is 0 Å². The first-order valence-electron chi connectivity index (χ1n) is 5.94. The zero-order valence-corrected chi connectivity index (χ0v) is 11.2. The monoisotopic (exact) mass is 300 g/mol. The van der Waals surface area contributed by atoms with Crippen LogP contribution in [0.25, 0.3) is 0 Å². The molecular formula is C12H17BrN2O2. The van der Waals surface area contributed by atoms with Gasteiger partial charge in [-0.05, 0) is 53.6 Å². The minimum Gasteiger partial charge on any atom is -0.396 e. The summed E-state index contributed by atoms with van der Waals surface area (Å²) in [7, 11) is 0. The average molecular weight is 301 g/mol. The molecule has 5 heteroatoms. The summed E-state index contributed by atoms with van der Waals surface area (Å²) in [6.07, 6.45) is 5.65. The predicted octanol–water partition coefficient (Wildman–Crippen LogP) is 2.06. The van der Waals surface area contributed by atoms with Crippen molar-refractivity contribution in [2.75, 3.05) is 6.61 Å². The summed E-state index contributed by atoms with van der Waals surface area (Å²) >= 11 is 3.30. The predicted molar refractivity (Wildman–Crippen MR) is 68.8 cm³/mol. The number of H-pyrrole nitrogens is 1. The maximum atomic E-state index is 11.9. The van der Waals surface area contributed by atoms with Crippen molar-refractivity contribution in [2.24, 2.45) is 5.92 Å². The second-order valence-corrected chi connectivity index (χ2v) is 5.52. The fourth-order valence-electron chi connectivity index (χ4n) is 2.25. The van der Waals surface area contributed by atoms with Crippen molar-refractivity contribution < 1.29 is 9.90 Å². The molecule has 0 saturated heterocycles. The van der Waals surface area contributed by atoms with Gasteiger partial charge in [0.15, 0.2) is 0 Å². The summed E-state index contributed by atoms with van der Waals surface area (Å²) in [6.45, 7) is 0.268. The molecule has 0 aliphatic heterocycles. The van der Waals surface area contributed by atoms with E-state index in [0.29, 0.717) is 11.6 Å². The molecule has 1 saturated carbocycles. The van der Waals surface area contributed by atoms with Crippen LogP contribution < -0.4 is 5.32 Å². The van der Waals surface area contributed by atoms with E-state index in [0.717, 1.165) is 30.2 Å². The second kappa shape index (κ2) is 5.69. The number of halogens is 1. The molecule has 0 bridgehead atoms. The van der Waals surface area contributed by atoms with E-state index in [9.17, 15) is 4.79 Å². The molecule has 1 fully saturated rings. The number of carbonyl (C=O) groups is 1. The number of nitrogens with one attached hydrogen (secondary N) is 2. The van der Waals surface area contributed by atoms with Crippen LogP contribution in [0.5, 0.6) is 0 Å². The normalized spacial score (nSPS) is 24.6. The molecule has 1 aliphatic carbocycles. The smallest absolute Gasteiger partial charge is 0.267 e. The van der Waals surface area contributed by atoms with Gasteiger partial charge in [-0.15, -0.1) is 0 Å². The van der Waals surface area contributed by atoms with Crippen LogP contribution in [0.2, 0.25) is 0 Å². The van der Waals surface area contributed by atoms with Crippen molar-refractivity contribution in [2.45, 2.75) is 31.7 Å². The Hall–Kier alpha value is -0.810. The SMILES string of the molecule is O=C(NC1CCC(CO)CC1)c1cc(Br)c[nH]1. The number of hydrogen-bond acceptors (Lipinski definition) is 2. The van der Waals surface area contributed by atoms with Crippen LogP contribution in [0.15, 0.2) is 16.7 Å².